The van der Waals surface area contributed by atoms with E-state index < -0.39 is 29.4 Å². The maximum atomic E-state index is 13.0. The number of ether oxygens (including phenoxy) is 1. The zero-order valence-corrected chi connectivity index (χ0v) is 16.5. The van der Waals surface area contributed by atoms with Crippen LogP contribution in [0.4, 0.5) is 15.8 Å². The van der Waals surface area contributed by atoms with E-state index in [0.717, 1.165) is 25.9 Å². The van der Waals surface area contributed by atoms with Gasteiger partial charge in [-0.1, -0.05) is 12.1 Å². The summed E-state index contributed by atoms with van der Waals surface area (Å²) >= 11 is 0. The van der Waals surface area contributed by atoms with Gasteiger partial charge in [0, 0.05) is 19.2 Å². The molecule has 3 rings (SSSR count). The summed E-state index contributed by atoms with van der Waals surface area (Å²) in [5, 5.41) is 14.1. The quantitative estimate of drug-likeness (QED) is 0.423. The number of hydrogen-bond donors (Lipinski definition) is 1. The summed E-state index contributed by atoms with van der Waals surface area (Å²) < 4.78 is 18.0. The average Bonchev–Trinajstić information content (AvgIpc) is 3.26. The molecule has 9 heteroatoms. The molecule has 0 aliphatic carbocycles. The zero-order chi connectivity index (χ0) is 21.7. The normalized spacial score (nSPS) is 14.3. The first-order valence-electron chi connectivity index (χ1n) is 9.60. The van der Waals surface area contributed by atoms with E-state index in [1.165, 1.54) is 30.3 Å². The van der Waals surface area contributed by atoms with E-state index in [2.05, 4.69) is 5.32 Å². The highest BCUT2D eigenvalue weighted by atomic mass is 19.1. The Morgan fingerprint density at radius 3 is 2.50 bits per heavy atom. The van der Waals surface area contributed by atoms with Crippen LogP contribution in [0.2, 0.25) is 0 Å². The predicted molar refractivity (Wildman–Crippen MR) is 108 cm³/mol. The third-order valence-corrected chi connectivity index (χ3v) is 4.94. The van der Waals surface area contributed by atoms with Crippen molar-refractivity contribution in [3.63, 3.8) is 0 Å². The lowest BCUT2D eigenvalue weighted by Crippen LogP contribution is -2.31. The van der Waals surface area contributed by atoms with E-state index >= 15 is 0 Å². The molecule has 1 aliphatic heterocycles. The van der Waals surface area contributed by atoms with E-state index in [1.807, 2.05) is 4.90 Å². The van der Waals surface area contributed by atoms with Crippen LogP contribution in [0.5, 0.6) is 0 Å². The molecule has 0 saturated carbocycles. The average molecular weight is 415 g/mol. The Kier molecular flexibility index (Phi) is 6.61. The number of esters is 1. The molecule has 1 N–H and O–H groups in total. The lowest BCUT2D eigenvalue weighted by atomic mass is 10.1. The Bertz CT molecular complexity index is 942. The maximum absolute atomic E-state index is 13.0. The highest BCUT2D eigenvalue weighted by molar-refractivity contribution is 5.93. The fraction of sp³-hybridized carbons (Fsp3) is 0.333. The monoisotopic (exact) mass is 415 g/mol. The number of carbonyl (C=O) groups excluding carboxylic acids is 2. The SMILES string of the molecule is C[C@@H](NC(=O)COC(=O)c1ccc(N2CCCC2)c([N+](=O)[O-])c1)c1ccc(F)cc1. The van der Waals surface area contributed by atoms with Gasteiger partial charge in [-0.3, -0.25) is 14.9 Å². The Balaban J connectivity index is 1.60. The summed E-state index contributed by atoms with van der Waals surface area (Å²) in [5.41, 5.74) is 1.01. The first-order valence-corrected chi connectivity index (χ1v) is 9.60. The van der Waals surface area contributed by atoms with Crippen molar-refractivity contribution in [1.82, 2.24) is 5.32 Å². The molecule has 2 aromatic rings. The van der Waals surface area contributed by atoms with Gasteiger partial charge in [0.25, 0.3) is 11.6 Å². The molecular weight excluding hydrogens is 393 g/mol. The van der Waals surface area contributed by atoms with E-state index in [1.54, 1.807) is 19.1 Å². The number of anilines is 1. The van der Waals surface area contributed by atoms with Crippen LogP contribution >= 0.6 is 0 Å². The van der Waals surface area contributed by atoms with Gasteiger partial charge in [-0.15, -0.1) is 0 Å². The van der Waals surface area contributed by atoms with E-state index in [9.17, 15) is 24.1 Å². The molecule has 1 atom stereocenters. The number of nitrogens with one attached hydrogen (secondary N) is 1. The first-order chi connectivity index (χ1) is 14.3. The largest absolute Gasteiger partial charge is 0.452 e. The van der Waals surface area contributed by atoms with Gasteiger partial charge < -0.3 is 15.0 Å². The molecule has 158 valence electrons. The van der Waals surface area contributed by atoms with Gasteiger partial charge in [0.05, 0.1) is 16.5 Å². The predicted octanol–water partition coefficient (Wildman–Crippen LogP) is 3.37. The second kappa shape index (κ2) is 9.34. The molecule has 2 aromatic carbocycles. The molecule has 0 radical (unpaired) electrons. The summed E-state index contributed by atoms with van der Waals surface area (Å²) in [6, 6.07) is 9.44. The molecule has 1 heterocycles. The third-order valence-electron chi connectivity index (χ3n) is 4.94. The highest BCUT2D eigenvalue weighted by Crippen LogP contribution is 2.31. The second-order valence-electron chi connectivity index (χ2n) is 7.07. The number of nitro groups is 1. The van der Waals surface area contributed by atoms with Crippen LogP contribution < -0.4 is 10.2 Å². The van der Waals surface area contributed by atoms with Gasteiger partial charge in [-0.2, -0.15) is 0 Å². The Morgan fingerprint density at radius 2 is 1.87 bits per heavy atom. The van der Waals surface area contributed by atoms with Crippen molar-refractivity contribution in [2.45, 2.75) is 25.8 Å². The van der Waals surface area contributed by atoms with Gasteiger partial charge in [-0.05, 0) is 49.6 Å². The number of halogens is 1. The standard InChI is InChI=1S/C21H22FN3O5/c1-14(15-4-7-17(22)8-5-15)23-20(26)13-30-21(27)16-6-9-18(19(12-16)25(28)29)24-10-2-3-11-24/h4-9,12,14H,2-3,10-11,13H2,1H3,(H,23,26)/t14-/m1/s1. The van der Waals surface area contributed by atoms with Crippen LogP contribution in [0, 0.1) is 15.9 Å². The van der Waals surface area contributed by atoms with Crippen LogP contribution in [0.15, 0.2) is 42.5 Å². The Morgan fingerprint density at radius 1 is 1.20 bits per heavy atom. The maximum Gasteiger partial charge on any atom is 0.338 e. The Hall–Kier alpha value is -3.49. The molecule has 30 heavy (non-hydrogen) atoms. The van der Waals surface area contributed by atoms with E-state index in [0.29, 0.717) is 11.3 Å². The van der Waals surface area contributed by atoms with Crippen molar-refractivity contribution in [2.24, 2.45) is 0 Å². The first kappa shape index (κ1) is 21.2. The van der Waals surface area contributed by atoms with Crippen molar-refractivity contribution in [3.05, 3.63) is 69.5 Å². The highest BCUT2D eigenvalue weighted by Gasteiger charge is 2.24. The van der Waals surface area contributed by atoms with Crippen molar-refractivity contribution in [2.75, 3.05) is 24.6 Å². The molecule has 1 saturated heterocycles. The van der Waals surface area contributed by atoms with Crippen molar-refractivity contribution in [3.8, 4) is 0 Å². The van der Waals surface area contributed by atoms with Gasteiger partial charge in [0.1, 0.15) is 11.5 Å². The number of rotatable bonds is 7. The Labute approximate surface area is 172 Å². The van der Waals surface area contributed by atoms with Crippen molar-refractivity contribution < 1.29 is 23.6 Å². The summed E-state index contributed by atoms with van der Waals surface area (Å²) in [4.78, 5) is 37.1. The summed E-state index contributed by atoms with van der Waals surface area (Å²) in [6.45, 7) is 2.65. The van der Waals surface area contributed by atoms with Crippen LogP contribution in [-0.4, -0.2) is 36.5 Å². The fourth-order valence-electron chi connectivity index (χ4n) is 3.35. The summed E-state index contributed by atoms with van der Waals surface area (Å²) in [7, 11) is 0. The number of hydrogen-bond acceptors (Lipinski definition) is 6. The molecule has 0 aromatic heterocycles. The van der Waals surface area contributed by atoms with Crippen molar-refractivity contribution >= 4 is 23.3 Å². The van der Waals surface area contributed by atoms with Crippen molar-refractivity contribution in [1.29, 1.82) is 0 Å². The van der Waals surface area contributed by atoms with Gasteiger partial charge in [0.15, 0.2) is 6.61 Å². The topological polar surface area (TPSA) is 102 Å². The molecule has 1 amide bonds. The van der Waals surface area contributed by atoms with Crippen LogP contribution in [-0.2, 0) is 9.53 Å². The molecular formula is C21H22FN3O5. The van der Waals surface area contributed by atoms with Gasteiger partial charge >= 0.3 is 5.97 Å². The van der Waals surface area contributed by atoms with Crippen LogP contribution in [0.1, 0.15) is 41.7 Å². The third kappa shape index (κ3) is 5.11. The second-order valence-corrected chi connectivity index (χ2v) is 7.07. The molecule has 0 bridgehead atoms. The fourth-order valence-corrected chi connectivity index (χ4v) is 3.35. The number of nitrogens with zero attached hydrogens (tertiary/aromatic N) is 2. The molecule has 0 unspecified atom stereocenters. The van der Waals surface area contributed by atoms with E-state index in [-0.39, 0.29) is 17.1 Å². The lowest BCUT2D eigenvalue weighted by Gasteiger charge is -2.17. The number of nitro benzene ring substituents is 1. The van der Waals surface area contributed by atoms with E-state index in [4.69, 9.17) is 4.74 Å². The molecule has 1 fully saturated rings. The summed E-state index contributed by atoms with van der Waals surface area (Å²) in [6.07, 6.45) is 1.93. The molecule has 1 aliphatic rings. The smallest absolute Gasteiger partial charge is 0.338 e. The number of benzene rings is 2. The van der Waals surface area contributed by atoms with Crippen LogP contribution in [0.25, 0.3) is 0 Å². The minimum atomic E-state index is -0.823. The van der Waals surface area contributed by atoms with Gasteiger partial charge in [0.2, 0.25) is 0 Å². The minimum absolute atomic E-state index is 0.00373. The number of amides is 1. The van der Waals surface area contributed by atoms with Gasteiger partial charge in [-0.25, -0.2) is 9.18 Å². The zero-order valence-electron chi connectivity index (χ0n) is 16.5. The van der Waals surface area contributed by atoms with Crippen LogP contribution in [0.3, 0.4) is 0 Å². The molecule has 8 nitrogen and oxygen atoms in total. The number of carbonyl (C=O) groups is 2. The molecule has 0 spiro atoms. The summed E-state index contributed by atoms with van der Waals surface area (Å²) in [5.74, 6) is -1.74. The minimum Gasteiger partial charge on any atom is -0.452 e. The lowest BCUT2D eigenvalue weighted by molar-refractivity contribution is -0.384.